The topological polar surface area (TPSA) is 35.0 Å². The quantitative estimate of drug-likeness (QED) is 0.741. The normalized spacial score (nSPS) is 10.8. The van der Waals surface area contributed by atoms with Gasteiger partial charge in [0.25, 0.3) is 0 Å². The summed E-state index contributed by atoms with van der Waals surface area (Å²) >= 11 is 7.58. The molecular weight excluding hydrogens is 220 g/mol. The van der Waals surface area contributed by atoms with E-state index in [4.69, 9.17) is 16.3 Å². The highest BCUT2D eigenvalue weighted by molar-refractivity contribution is 7.18. The Balaban J connectivity index is 2.59. The van der Waals surface area contributed by atoms with Crippen LogP contribution >= 0.6 is 22.9 Å². The molecule has 3 nitrogen and oxygen atoms in total. The van der Waals surface area contributed by atoms with Crippen molar-refractivity contribution in [3.63, 3.8) is 0 Å². The Bertz CT molecular complexity index is 469. The van der Waals surface area contributed by atoms with Crippen molar-refractivity contribution in [3.8, 4) is 6.01 Å². The number of nitrogens with zero attached hydrogens (tertiary/aromatic N) is 2. The summed E-state index contributed by atoms with van der Waals surface area (Å²) in [6.07, 6.45) is 0. The number of thiophene rings is 1. The molecular formula is C9H9ClN2OS. The average molecular weight is 229 g/mol. The zero-order valence-corrected chi connectivity index (χ0v) is 9.45. The lowest BCUT2D eigenvalue weighted by atomic mass is 10.4. The lowest BCUT2D eigenvalue weighted by molar-refractivity contribution is 0.314. The maximum Gasteiger partial charge on any atom is 0.319 e. The van der Waals surface area contributed by atoms with Gasteiger partial charge >= 0.3 is 6.01 Å². The number of aryl methyl sites for hydroxylation is 1. The molecule has 2 heterocycles. The summed E-state index contributed by atoms with van der Waals surface area (Å²) < 4.78 is 5.20. The van der Waals surface area contributed by atoms with Crippen LogP contribution in [0.15, 0.2) is 6.07 Å². The molecule has 0 aliphatic rings. The van der Waals surface area contributed by atoms with Gasteiger partial charge in [0, 0.05) is 10.3 Å². The molecule has 74 valence electrons. The van der Waals surface area contributed by atoms with Gasteiger partial charge in [-0.3, -0.25) is 0 Å². The number of rotatable bonds is 2. The molecule has 0 radical (unpaired) electrons. The van der Waals surface area contributed by atoms with E-state index < -0.39 is 0 Å². The minimum atomic E-state index is 0.354. The van der Waals surface area contributed by atoms with E-state index in [1.807, 2.05) is 19.9 Å². The van der Waals surface area contributed by atoms with Crippen molar-refractivity contribution < 1.29 is 4.74 Å². The Morgan fingerprint density at radius 2 is 2.29 bits per heavy atom. The zero-order valence-electron chi connectivity index (χ0n) is 7.87. The molecule has 2 aromatic heterocycles. The predicted octanol–water partition coefficient (Wildman–Crippen LogP) is 3.05. The molecule has 14 heavy (non-hydrogen) atoms. The highest BCUT2D eigenvalue weighted by Gasteiger charge is 2.08. The van der Waals surface area contributed by atoms with Gasteiger partial charge in [0.1, 0.15) is 9.98 Å². The smallest absolute Gasteiger partial charge is 0.319 e. The van der Waals surface area contributed by atoms with E-state index in [1.54, 1.807) is 11.3 Å². The van der Waals surface area contributed by atoms with Gasteiger partial charge in [-0.25, -0.2) is 0 Å². The van der Waals surface area contributed by atoms with Crippen molar-refractivity contribution >= 4 is 33.2 Å². The first-order valence-electron chi connectivity index (χ1n) is 4.27. The van der Waals surface area contributed by atoms with Gasteiger partial charge in [0.05, 0.1) is 6.61 Å². The number of fused-ring (bicyclic) bond motifs is 1. The average Bonchev–Trinajstić information content (AvgIpc) is 2.47. The summed E-state index contributed by atoms with van der Waals surface area (Å²) in [6.45, 7) is 4.45. The Morgan fingerprint density at radius 3 is 3.00 bits per heavy atom. The second-order valence-electron chi connectivity index (χ2n) is 2.81. The van der Waals surface area contributed by atoms with Crippen molar-refractivity contribution in [2.45, 2.75) is 13.8 Å². The van der Waals surface area contributed by atoms with Crippen LogP contribution in [-0.2, 0) is 0 Å². The highest BCUT2D eigenvalue weighted by Crippen LogP contribution is 2.29. The molecule has 0 saturated carbocycles. The van der Waals surface area contributed by atoms with Crippen LogP contribution in [0, 0.1) is 6.92 Å². The van der Waals surface area contributed by atoms with Crippen LogP contribution in [0.1, 0.15) is 11.8 Å². The third kappa shape index (κ3) is 1.67. The minimum absolute atomic E-state index is 0.354. The fourth-order valence-electron chi connectivity index (χ4n) is 1.18. The molecule has 5 heteroatoms. The molecule has 2 rings (SSSR count). The molecule has 0 aliphatic heterocycles. The molecule has 0 aromatic carbocycles. The molecule has 0 saturated heterocycles. The third-order valence-corrected chi connectivity index (χ3v) is 2.95. The van der Waals surface area contributed by atoms with Crippen molar-refractivity contribution in [1.82, 2.24) is 9.97 Å². The SMILES string of the molecule is CCOc1nc(Cl)c2cc(C)sc2n1. The first-order chi connectivity index (χ1) is 6.70. The van der Waals surface area contributed by atoms with Gasteiger partial charge in [-0.05, 0) is 19.9 Å². The van der Waals surface area contributed by atoms with Gasteiger partial charge in [-0.15, -0.1) is 11.3 Å². The van der Waals surface area contributed by atoms with Crippen molar-refractivity contribution in [2.24, 2.45) is 0 Å². The fourth-order valence-corrected chi connectivity index (χ4v) is 2.33. The fraction of sp³-hybridized carbons (Fsp3) is 0.333. The number of hydrogen-bond acceptors (Lipinski definition) is 4. The maximum absolute atomic E-state index is 5.99. The molecule has 2 aromatic rings. The summed E-state index contributed by atoms with van der Waals surface area (Å²) in [5.41, 5.74) is 0. The van der Waals surface area contributed by atoms with Crippen LogP contribution in [-0.4, -0.2) is 16.6 Å². The summed E-state index contributed by atoms with van der Waals surface area (Å²) in [5.74, 6) is 0. The zero-order chi connectivity index (χ0) is 10.1. The van der Waals surface area contributed by atoms with Gasteiger partial charge in [-0.1, -0.05) is 11.6 Å². The standard InChI is InChI=1S/C9H9ClN2OS/c1-3-13-9-11-7(10)6-4-5(2)14-8(6)12-9/h4H,3H2,1-2H3. The molecule has 0 aliphatic carbocycles. The molecule has 0 bridgehead atoms. The number of hydrogen-bond donors (Lipinski definition) is 0. The number of halogens is 1. The summed E-state index contributed by atoms with van der Waals surface area (Å²) in [4.78, 5) is 10.3. The summed E-state index contributed by atoms with van der Waals surface area (Å²) in [5, 5.41) is 1.36. The predicted molar refractivity (Wildman–Crippen MR) is 58.3 cm³/mol. The largest absolute Gasteiger partial charge is 0.464 e. The lowest BCUT2D eigenvalue weighted by Crippen LogP contribution is -1.96. The highest BCUT2D eigenvalue weighted by atomic mass is 35.5. The first-order valence-corrected chi connectivity index (χ1v) is 5.46. The third-order valence-electron chi connectivity index (χ3n) is 1.72. The van der Waals surface area contributed by atoms with Gasteiger partial charge in [-0.2, -0.15) is 9.97 Å². The summed E-state index contributed by atoms with van der Waals surface area (Å²) in [7, 11) is 0. The second kappa shape index (κ2) is 3.71. The van der Waals surface area contributed by atoms with Gasteiger partial charge in [0.2, 0.25) is 0 Å². The van der Waals surface area contributed by atoms with Crippen molar-refractivity contribution in [1.29, 1.82) is 0 Å². The van der Waals surface area contributed by atoms with E-state index in [1.165, 1.54) is 4.88 Å². The van der Waals surface area contributed by atoms with E-state index >= 15 is 0 Å². The molecule has 0 amide bonds. The molecule has 0 N–H and O–H groups in total. The van der Waals surface area contributed by atoms with Crippen LogP contribution in [0.4, 0.5) is 0 Å². The maximum atomic E-state index is 5.99. The molecule has 0 unspecified atom stereocenters. The van der Waals surface area contributed by atoms with E-state index in [9.17, 15) is 0 Å². The second-order valence-corrected chi connectivity index (χ2v) is 4.40. The van der Waals surface area contributed by atoms with Gasteiger partial charge in [0.15, 0.2) is 0 Å². The molecule has 0 spiro atoms. The van der Waals surface area contributed by atoms with Crippen molar-refractivity contribution in [3.05, 3.63) is 16.1 Å². The van der Waals surface area contributed by atoms with E-state index in [-0.39, 0.29) is 0 Å². The van der Waals surface area contributed by atoms with Crippen LogP contribution in [0.3, 0.4) is 0 Å². The number of ether oxygens (including phenoxy) is 1. The van der Waals surface area contributed by atoms with E-state index in [0.29, 0.717) is 17.8 Å². The Hall–Kier alpha value is -0.870. The van der Waals surface area contributed by atoms with Crippen LogP contribution in [0.2, 0.25) is 5.15 Å². The Morgan fingerprint density at radius 1 is 1.50 bits per heavy atom. The van der Waals surface area contributed by atoms with Crippen LogP contribution in [0.5, 0.6) is 6.01 Å². The molecule has 0 atom stereocenters. The van der Waals surface area contributed by atoms with Crippen molar-refractivity contribution in [2.75, 3.05) is 6.61 Å². The van der Waals surface area contributed by atoms with Crippen LogP contribution in [0.25, 0.3) is 10.2 Å². The van der Waals surface area contributed by atoms with Gasteiger partial charge < -0.3 is 4.74 Å². The molecule has 0 fully saturated rings. The monoisotopic (exact) mass is 228 g/mol. The minimum Gasteiger partial charge on any atom is -0.464 e. The summed E-state index contributed by atoms with van der Waals surface area (Å²) in [6, 6.07) is 2.34. The van der Waals surface area contributed by atoms with E-state index in [2.05, 4.69) is 9.97 Å². The Kier molecular flexibility index (Phi) is 2.56. The van der Waals surface area contributed by atoms with E-state index in [0.717, 1.165) is 10.2 Å². The first kappa shape index (κ1) is 9.68. The lowest BCUT2D eigenvalue weighted by Gasteiger charge is -2.00. The Labute approximate surface area is 90.7 Å². The van der Waals surface area contributed by atoms with Crippen LogP contribution < -0.4 is 4.74 Å². The number of aromatic nitrogens is 2.